The van der Waals surface area contributed by atoms with Crippen molar-refractivity contribution >= 4 is 21.1 Å². The predicted octanol–water partition coefficient (Wildman–Crippen LogP) is 0.0359. The molecule has 29 heavy (non-hydrogen) atoms. The summed E-state index contributed by atoms with van der Waals surface area (Å²) in [6, 6.07) is 0. The van der Waals surface area contributed by atoms with Crippen LogP contribution in [0.3, 0.4) is 0 Å². The van der Waals surface area contributed by atoms with E-state index < -0.39 is 58.0 Å². The van der Waals surface area contributed by atoms with E-state index in [2.05, 4.69) is 5.32 Å². The third-order valence-corrected chi connectivity index (χ3v) is 9.59. The maximum atomic E-state index is 13.3. The van der Waals surface area contributed by atoms with Gasteiger partial charge < -0.3 is 43.8 Å². The van der Waals surface area contributed by atoms with Crippen molar-refractivity contribution in [2.75, 3.05) is 39.6 Å². The van der Waals surface area contributed by atoms with Crippen LogP contribution in [0.15, 0.2) is 0 Å². The average Bonchev–Trinajstić information content (AvgIpc) is 2.66. The maximum absolute atomic E-state index is 13.3. The van der Waals surface area contributed by atoms with Gasteiger partial charge in [-0.3, -0.25) is 13.9 Å². The summed E-state index contributed by atoms with van der Waals surface area (Å²) in [6.45, 7) is 4.48. The van der Waals surface area contributed by atoms with E-state index in [0.717, 1.165) is 0 Å². The minimum absolute atomic E-state index is 0.0516. The van der Waals surface area contributed by atoms with Gasteiger partial charge in [0.1, 0.15) is 12.2 Å². The van der Waals surface area contributed by atoms with E-state index >= 15 is 0 Å². The average molecular weight is 465 g/mol. The molecule has 14 heteroatoms. The van der Waals surface area contributed by atoms with Crippen LogP contribution in [0, 0.1) is 0 Å². The second-order valence-corrected chi connectivity index (χ2v) is 10.5. The molecule has 0 unspecified atom stereocenters. The van der Waals surface area contributed by atoms with Crippen LogP contribution < -0.4 is 5.32 Å². The molecule has 0 fully saturated rings. The van der Waals surface area contributed by atoms with Crippen LogP contribution in [0.5, 0.6) is 0 Å². The number of nitrogens with one attached hydrogen (secondary N) is 1. The van der Waals surface area contributed by atoms with E-state index in [4.69, 9.17) is 23.2 Å². The van der Waals surface area contributed by atoms with Gasteiger partial charge in [-0.25, -0.2) is 0 Å². The molecule has 12 nitrogen and oxygen atoms in total. The smallest absolute Gasteiger partial charge is 0.347 e. The molecule has 5 N–H and O–H groups in total. The first-order chi connectivity index (χ1) is 13.6. The Morgan fingerprint density at radius 3 is 1.55 bits per heavy atom. The van der Waals surface area contributed by atoms with Gasteiger partial charge in [-0.1, -0.05) is 0 Å². The summed E-state index contributed by atoms with van der Waals surface area (Å²) in [5.74, 6) is -1.17. The molecule has 0 aliphatic carbocycles. The minimum Gasteiger partial charge on any atom is -0.394 e. The van der Waals surface area contributed by atoms with Crippen molar-refractivity contribution in [3.8, 4) is 0 Å². The summed E-state index contributed by atoms with van der Waals surface area (Å²) in [5, 5.41) is 38.3. The molecule has 0 heterocycles. The molecule has 0 saturated carbocycles. The van der Waals surface area contributed by atoms with Crippen molar-refractivity contribution in [3.05, 3.63) is 0 Å². The monoisotopic (exact) mass is 465 g/mol. The van der Waals surface area contributed by atoms with Gasteiger partial charge in [-0.15, -0.1) is 0 Å². The number of hydrogen-bond acceptors (Lipinski definition) is 11. The van der Waals surface area contributed by atoms with E-state index in [1.54, 1.807) is 27.7 Å². The molecule has 0 rings (SSSR count). The lowest BCUT2D eigenvalue weighted by Gasteiger charge is -2.31. The molecule has 0 saturated heterocycles. The standard InChI is InChI=1S/C15H33NO11P2/c1-5-24-28(22,25-6-2)12(29(23,26-7-3)27-8-4)9-16-15(21)14(20)13(19)11(18)10-17/h11-14,17-20H,5-10H2,1-4H3,(H,16,21)/t11-,13-,14+/m1/s1. The number of hydrogen-bond donors (Lipinski definition) is 5. The summed E-state index contributed by atoms with van der Waals surface area (Å²) >= 11 is 0. The minimum atomic E-state index is -4.11. The zero-order valence-electron chi connectivity index (χ0n) is 17.1. The van der Waals surface area contributed by atoms with Crippen molar-refractivity contribution in [2.45, 2.75) is 51.4 Å². The first-order valence-electron chi connectivity index (χ1n) is 9.27. The fourth-order valence-electron chi connectivity index (χ4n) is 2.31. The van der Waals surface area contributed by atoms with Crippen LogP contribution in [0.2, 0.25) is 0 Å². The molecule has 0 aromatic carbocycles. The summed E-state index contributed by atoms with van der Waals surface area (Å²) in [6.07, 6.45) is -5.85. The molecule has 174 valence electrons. The number of aliphatic hydroxyl groups excluding tert-OH is 4. The van der Waals surface area contributed by atoms with E-state index in [1.807, 2.05) is 0 Å². The van der Waals surface area contributed by atoms with Crippen LogP contribution in [-0.2, 0) is 32.0 Å². The van der Waals surface area contributed by atoms with Crippen LogP contribution in [0.1, 0.15) is 27.7 Å². The largest absolute Gasteiger partial charge is 0.394 e. The Morgan fingerprint density at radius 1 is 0.862 bits per heavy atom. The van der Waals surface area contributed by atoms with Gasteiger partial charge in [0.05, 0.1) is 33.0 Å². The fraction of sp³-hybridized carbons (Fsp3) is 0.933. The molecule has 0 aromatic heterocycles. The normalized spacial score (nSPS) is 15.9. The molecule has 0 radical (unpaired) electrons. The summed E-state index contributed by atoms with van der Waals surface area (Å²) in [5.41, 5.74) is 0. The van der Waals surface area contributed by atoms with Gasteiger partial charge in [0.15, 0.2) is 11.5 Å². The fourth-order valence-corrected chi connectivity index (χ4v) is 7.40. The highest BCUT2D eigenvalue weighted by Crippen LogP contribution is 2.70. The Kier molecular flexibility index (Phi) is 13.6. The highest BCUT2D eigenvalue weighted by molar-refractivity contribution is 7.72. The molecule has 0 aliphatic rings. The van der Waals surface area contributed by atoms with Gasteiger partial charge in [0.2, 0.25) is 0 Å². The molecule has 1 amide bonds. The highest BCUT2D eigenvalue weighted by atomic mass is 31.2. The van der Waals surface area contributed by atoms with Gasteiger partial charge in [-0.2, -0.15) is 0 Å². The van der Waals surface area contributed by atoms with Gasteiger partial charge in [0, 0.05) is 6.54 Å². The quantitative estimate of drug-likeness (QED) is 0.194. The highest BCUT2D eigenvalue weighted by Gasteiger charge is 2.51. The van der Waals surface area contributed by atoms with Crippen molar-refractivity contribution in [3.63, 3.8) is 0 Å². The molecule has 3 atom stereocenters. The third kappa shape index (κ3) is 8.34. The summed E-state index contributed by atoms with van der Waals surface area (Å²) in [7, 11) is -8.21. The zero-order valence-corrected chi connectivity index (χ0v) is 18.9. The molecular formula is C15H33NO11P2. The van der Waals surface area contributed by atoms with Gasteiger partial charge >= 0.3 is 15.2 Å². The zero-order chi connectivity index (χ0) is 22.7. The molecule has 0 aliphatic heterocycles. The number of rotatable bonds is 16. The van der Waals surface area contributed by atoms with E-state index in [9.17, 15) is 29.2 Å². The second kappa shape index (κ2) is 13.8. The molecule has 0 spiro atoms. The maximum Gasteiger partial charge on any atom is 0.347 e. The number of carbonyl (C=O) groups excluding carboxylic acids is 1. The van der Waals surface area contributed by atoms with Gasteiger partial charge in [0.25, 0.3) is 5.91 Å². The van der Waals surface area contributed by atoms with E-state index in [1.165, 1.54) is 0 Å². The molecule has 0 bridgehead atoms. The van der Waals surface area contributed by atoms with Crippen LogP contribution in [0.25, 0.3) is 0 Å². The van der Waals surface area contributed by atoms with Crippen molar-refractivity contribution in [1.29, 1.82) is 0 Å². The third-order valence-electron chi connectivity index (χ3n) is 3.60. The first kappa shape index (κ1) is 28.6. The topological polar surface area (TPSA) is 181 Å². The first-order valence-corrected chi connectivity index (χ1v) is 12.5. The second-order valence-electron chi connectivity index (χ2n) is 5.66. The number of amides is 1. The predicted molar refractivity (Wildman–Crippen MR) is 104 cm³/mol. The molecular weight excluding hydrogens is 432 g/mol. The van der Waals surface area contributed by atoms with E-state index in [0.29, 0.717) is 0 Å². The number of carbonyl (C=O) groups is 1. The van der Waals surface area contributed by atoms with Crippen molar-refractivity contribution < 1.29 is 52.4 Å². The number of aliphatic hydroxyl groups is 4. The Morgan fingerprint density at radius 2 is 1.24 bits per heavy atom. The summed E-state index contributed by atoms with van der Waals surface area (Å²) < 4.78 is 47.5. The molecule has 0 aromatic rings. The lowest BCUT2D eigenvalue weighted by atomic mass is 10.1. The van der Waals surface area contributed by atoms with Crippen LogP contribution >= 0.6 is 15.2 Å². The van der Waals surface area contributed by atoms with E-state index in [-0.39, 0.29) is 26.4 Å². The van der Waals surface area contributed by atoms with Gasteiger partial charge in [-0.05, 0) is 27.7 Å². The Hall–Kier alpha value is -0.390. The van der Waals surface area contributed by atoms with Crippen LogP contribution in [-0.4, -0.2) is 89.6 Å². The van der Waals surface area contributed by atoms with Crippen LogP contribution in [0.4, 0.5) is 0 Å². The van der Waals surface area contributed by atoms with Crippen molar-refractivity contribution in [2.24, 2.45) is 0 Å². The van der Waals surface area contributed by atoms with Crippen molar-refractivity contribution in [1.82, 2.24) is 5.32 Å². The lowest BCUT2D eigenvalue weighted by Crippen LogP contribution is -2.49. The Balaban J connectivity index is 5.74. The Bertz CT molecular complexity index is 526. The SMILES string of the molecule is CCOP(=O)(OCC)C(CNC(=O)[C@@H](O)[C@H](O)[C@H](O)CO)P(=O)(OCC)OCC. The summed E-state index contributed by atoms with van der Waals surface area (Å²) in [4.78, 5) is 12.1. The lowest BCUT2D eigenvalue weighted by molar-refractivity contribution is -0.142. The Labute approximate surface area is 170 Å².